The van der Waals surface area contributed by atoms with E-state index in [2.05, 4.69) is 41.2 Å². The minimum Gasteiger partial charge on any atom is -0.444 e. The quantitative estimate of drug-likeness (QED) is 0.829. The highest BCUT2D eigenvalue weighted by Crippen LogP contribution is 2.26. The molecule has 1 amide bonds. The molecule has 21 heavy (non-hydrogen) atoms. The van der Waals surface area contributed by atoms with Crippen molar-refractivity contribution in [2.75, 3.05) is 11.6 Å². The highest BCUT2D eigenvalue weighted by molar-refractivity contribution is 7.98. The number of thioether (sulfide) groups is 1. The van der Waals surface area contributed by atoms with Crippen LogP contribution in [0.3, 0.4) is 0 Å². The zero-order valence-electron chi connectivity index (χ0n) is 13.1. The van der Waals surface area contributed by atoms with Crippen molar-refractivity contribution in [3.05, 3.63) is 24.3 Å². The van der Waals surface area contributed by atoms with Gasteiger partial charge in [0.25, 0.3) is 0 Å². The lowest BCUT2D eigenvalue weighted by atomic mass is 9.86. The summed E-state index contributed by atoms with van der Waals surface area (Å²) in [4.78, 5) is 12.9. The van der Waals surface area contributed by atoms with Gasteiger partial charge in [-0.2, -0.15) is 0 Å². The summed E-state index contributed by atoms with van der Waals surface area (Å²) in [7, 11) is 0. The topological polar surface area (TPSA) is 50.4 Å². The maximum atomic E-state index is 11.7. The lowest BCUT2D eigenvalue weighted by Crippen LogP contribution is -2.50. The Kier molecular flexibility index (Phi) is 5.04. The van der Waals surface area contributed by atoms with E-state index in [9.17, 15) is 4.79 Å². The first-order valence-corrected chi connectivity index (χ1v) is 8.48. The van der Waals surface area contributed by atoms with E-state index in [0.29, 0.717) is 6.04 Å². The monoisotopic (exact) mass is 308 g/mol. The third-order valence-electron chi connectivity index (χ3n) is 3.30. The Balaban J connectivity index is 1.73. The number of amides is 1. The molecule has 1 aliphatic rings. The summed E-state index contributed by atoms with van der Waals surface area (Å²) in [6, 6.07) is 9.02. The second kappa shape index (κ2) is 6.60. The number of anilines is 1. The maximum Gasteiger partial charge on any atom is 0.407 e. The summed E-state index contributed by atoms with van der Waals surface area (Å²) in [6.07, 6.45) is 3.62. The molecule has 1 aliphatic carbocycles. The molecule has 0 aliphatic heterocycles. The number of rotatable bonds is 4. The van der Waals surface area contributed by atoms with Crippen LogP contribution < -0.4 is 10.6 Å². The van der Waals surface area contributed by atoms with Crippen LogP contribution >= 0.6 is 11.8 Å². The number of carbonyl (C=O) groups excluding carboxylic acids is 1. The van der Waals surface area contributed by atoms with Gasteiger partial charge in [0.15, 0.2) is 0 Å². The first-order chi connectivity index (χ1) is 9.85. The smallest absolute Gasteiger partial charge is 0.407 e. The van der Waals surface area contributed by atoms with Crippen LogP contribution in [-0.4, -0.2) is 30.0 Å². The molecule has 2 N–H and O–H groups in total. The molecule has 0 unspecified atom stereocenters. The van der Waals surface area contributed by atoms with Gasteiger partial charge in [-0.3, -0.25) is 0 Å². The number of ether oxygens (including phenoxy) is 1. The zero-order valence-corrected chi connectivity index (χ0v) is 13.9. The van der Waals surface area contributed by atoms with Crippen LogP contribution in [0.15, 0.2) is 29.2 Å². The van der Waals surface area contributed by atoms with Crippen molar-refractivity contribution in [1.82, 2.24) is 5.32 Å². The SMILES string of the molecule is CSc1cccc(NC2CC(NC(=O)OC(C)(C)C)C2)c1. The van der Waals surface area contributed by atoms with Gasteiger partial charge in [-0.05, 0) is 58.1 Å². The maximum absolute atomic E-state index is 11.7. The van der Waals surface area contributed by atoms with E-state index in [1.165, 1.54) is 4.90 Å². The number of benzene rings is 1. The summed E-state index contributed by atoms with van der Waals surface area (Å²) < 4.78 is 5.25. The number of nitrogens with one attached hydrogen (secondary N) is 2. The van der Waals surface area contributed by atoms with Crippen molar-refractivity contribution in [2.45, 2.75) is 56.2 Å². The minimum absolute atomic E-state index is 0.209. The van der Waals surface area contributed by atoms with Gasteiger partial charge in [0.1, 0.15) is 5.60 Å². The fraction of sp³-hybridized carbons (Fsp3) is 0.562. The Labute approximate surface area is 131 Å². The van der Waals surface area contributed by atoms with Gasteiger partial charge in [0.2, 0.25) is 0 Å². The van der Waals surface area contributed by atoms with Crippen LogP contribution in [0.4, 0.5) is 10.5 Å². The molecule has 0 bridgehead atoms. The van der Waals surface area contributed by atoms with Gasteiger partial charge in [-0.25, -0.2) is 4.79 Å². The average molecular weight is 308 g/mol. The molecule has 2 rings (SSSR count). The van der Waals surface area contributed by atoms with Crippen LogP contribution in [0.25, 0.3) is 0 Å². The average Bonchev–Trinajstić information content (AvgIpc) is 2.34. The van der Waals surface area contributed by atoms with Crippen LogP contribution in [0, 0.1) is 0 Å². The van der Waals surface area contributed by atoms with E-state index in [1.807, 2.05) is 20.8 Å². The molecule has 0 spiro atoms. The normalized spacial score (nSPS) is 21.3. The number of hydrogen-bond donors (Lipinski definition) is 2. The molecule has 0 saturated heterocycles. The molecule has 0 atom stereocenters. The number of hydrogen-bond acceptors (Lipinski definition) is 4. The van der Waals surface area contributed by atoms with E-state index in [4.69, 9.17) is 4.74 Å². The molecular weight excluding hydrogens is 284 g/mol. The van der Waals surface area contributed by atoms with Crippen molar-refractivity contribution in [3.8, 4) is 0 Å². The van der Waals surface area contributed by atoms with E-state index >= 15 is 0 Å². The van der Waals surface area contributed by atoms with Crippen molar-refractivity contribution < 1.29 is 9.53 Å². The fourth-order valence-corrected chi connectivity index (χ4v) is 2.74. The third kappa shape index (κ3) is 5.16. The first-order valence-electron chi connectivity index (χ1n) is 7.26. The van der Waals surface area contributed by atoms with E-state index in [0.717, 1.165) is 18.5 Å². The lowest BCUT2D eigenvalue weighted by Gasteiger charge is -2.37. The van der Waals surface area contributed by atoms with E-state index in [1.54, 1.807) is 11.8 Å². The Bertz CT molecular complexity index is 493. The van der Waals surface area contributed by atoms with Gasteiger partial charge < -0.3 is 15.4 Å². The Morgan fingerprint density at radius 1 is 1.29 bits per heavy atom. The highest BCUT2D eigenvalue weighted by atomic mass is 32.2. The number of alkyl carbamates (subject to hydrolysis) is 1. The zero-order chi connectivity index (χ0) is 15.5. The molecule has 5 heteroatoms. The summed E-state index contributed by atoms with van der Waals surface area (Å²) in [5.74, 6) is 0. The molecule has 1 saturated carbocycles. The minimum atomic E-state index is -0.441. The van der Waals surface area contributed by atoms with Crippen LogP contribution in [-0.2, 0) is 4.74 Å². The Morgan fingerprint density at radius 2 is 2.00 bits per heavy atom. The fourth-order valence-electron chi connectivity index (χ4n) is 2.28. The summed E-state index contributed by atoms with van der Waals surface area (Å²) in [5, 5.41) is 6.41. The van der Waals surface area contributed by atoms with Gasteiger partial charge in [-0.1, -0.05) is 6.07 Å². The van der Waals surface area contributed by atoms with Crippen molar-refractivity contribution in [3.63, 3.8) is 0 Å². The van der Waals surface area contributed by atoms with Crippen LogP contribution in [0.1, 0.15) is 33.6 Å². The highest BCUT2D eigenvalue weighted by Gasteiger charge is 2.31. The second-order valence-electron chi connectivity index (χ2n) is 6.39. The summed E-state index contributed by atoms with van der Waals surface area (Å²) >= 11 is 1.74. The molecule has 0 heterocycles. The molecule has 4 nitrogen and oxygen atoms in total. The van der Waals surface area contributed by atoms with E-state index in [-0.39, 0.29) is 12.1 Å². The largest absolute Gasteiger partial charge is 0.444 e. The molecule has 1 aromatic rings. The molecule has 1 fully saturated rings. The van der Waals surface area contributed by atoms with Crippen LogP contribution in [0.5, 0.6) is 0 Å². The standard InChI is InChI=1S/C16H24N2O2S/c1-16(2,3)20-15(19)18-13-8-12(9-13)17-11-6-5-7-14(10-11)21-4/h5-7,10,12-13,17H,8-9H2,1-4H3,(H,18,19). The predicted molar refractivity (Wildman–Crippen MR) is 88.0 cm³/mol. The molecule has 0 radical (unpaired) electrons. The number of carbonyl (C=O) groups is 1. The molecular formula is C16H24N2O2S. The molecule has 116 valence electrons. The van der Waals surface area contributed by atoms with Crippen LogP contribution in [0.2, 0.25) is 0 Å². The van der Waals surface area contributed by atoms with Gasteiger partial charge in [0.05, 0.1) is 0 Å². The van der Waals surface area contributed by atoms with Crippen molar-refractivity contribution in [2.24, 2.45) is 0 Å². The summed E-state index contributed by atoms with van der Waals surface area (Å²) in [6.45, 7) is 5.61. The Morgan fingerprint density at radius 3 is 2.62 bits per heavy atom. The first kappa shape index (κ1) is 16.0. The second-order valence-corrected chi connectivity index (χ2v) is 7.27. The van der Waals surface area contributed by atoms with Gasteiger partial charge in [-0.15, -0.1) is 11.8 Å². The molecule has 0 aromatic heterocycles. The van der Waals surface area contributed by atoms with Crippen molar-refractivity contribution >= 4 is 23.5 Å². The summed E-state index contributed by atoms with van der Waals surface area (Å²) in [5.41, 5.74) is 0.701. The van der Waals surface area contributed by atoms with Gasteiger partial charge >= 0.3 is 6.09 Å². The van der Waals surface area contributed by atoms with E-state index < -0.39 is 5.60 Å². The van der Waals surface area contributed by atoms with Gasteiger partial charge in [0, 0.05) is 22.7 Å². The predicted octanol–water partition coefficient (Wildman–Crippen LogP) is 3.88. The van der Waals surface area contributed by atoms with Crippen molar-refractivity contribution in [1.29, 1.82) is 0 Å². The third-order valence-corrected chi connectivity index (χ3v) is 4.02. The molecule has 1 aromatic carbocycles. The Hall–Kier alpha value is -1.36. The lowest BCUT2D eigenvalue weighted by molar-refractivity contribution is 0.0475.